The highest BCUT2D eigenvalue weighted by Gasteiger charge is 2.38. The topological polar surface area (TPSA) is 23.6 Å². The molecule has 0 radical (unpaired) electrons. The maximum Gasteiger partial charge on any atom is 0.255 e. The molecule has 5 rings (SSSR count). The molecule has 2 atom stereocenters. The summed E-state index contributed by atoms with van der Waals surface area (Å²) in [6, 6.07) is 8.64. The van der Waals surface area contributed by atoms with Crippen LogP contribution in [0.3, 0.4) is 0 Å². The van der Waals surface area contributed by atoms with Crippen molar-refractivity contribution in [2.75, 3.05) is 32.4 Å². The minimum Gasteiger partial charge on any atom is -0.337 e. The van der Waals surface area contributed by atoms with Crippen LogP contribution >= 0.6 is 11.8 Å². The lowest BCUT2D eigenvalue weighted by molar-refractivity contribution is 0.0733. The Hall–Kier alpha value is -1.00. The minimum absolute atomic E-state index is 0.236. The van der Waals surface area contributed by atoms with E-state index in [1.807, 2.05) is 18.2 Å². The van der Waals surface area contributed by atoms with E-state index in [-0.39, 0.29) is 5.91 Å². The van der Waals surface area contributed by atoms with Crippen LogP contribution in [0.25, 0.3) is 0 Å². The SMILES string of the molecule is CSc1ccccc1C(=O)N1C[C@H]2CC[C@@H](C1)N(CC1CC1)C2. The van der Waals surface area contributed by atoms with Crippen molar-refractivity contribution >= 4 is 17.7 Å². The predicted molar refractivity (Wildman–Crippen MR) is 94.9 cm³/mol. The Bertz CT molecular complexity index is 586. The Balaban J connectivity index is 1.52. The Morgan fingerprint density at radius 1 is 1.13 bits per heavy atom. The Morgan fingerprint density at radius 2 is 1.96 bits per heavy atom. The van der Waals surface area contributed by atoms with Crippen LogP contribution in [0.4, 0.5) is 0 Å². The van der Waals surface area contributed by atoms with Crippen molar-refractivity contribution < 1.29 is 4.79 Å². The van der Waals surface area contributed by atoms with E-state index in [0.717, 1.165) is 29.5 Å². The van der Waals surface area contributed by atoms with Gasteiger partial charge in [0.15, 0.2) is 0 Å². The van der Waals surface area contributed by atoms with Crippen LogP contribution in [0.2, 0.25) is 0 Å². The second-order valence-electron chi connectivity index (χ2n) is 7.40. The van der Waals surface area contributed by atoms with Gasteiger partial charge in [0.05, 0.1) is 5.56 Å². The normalized spacial score (nSPS) is 28.0. The smallest absolute Gasteiger partial charge is 0.255 e. The third-order valence-corrected chi connectivity index (χ3v) is 6.44. The summed E-state index contributed by atoms with van der Waals surface area (Å²) in [5.74, 6) is 1.84. The molecule has 1 aliphatic carbocycles. The van der Waals surface area contributed by atoms with Gasteiger partial charge in [0.2, 0.25) is 0 Å². The molecule has 1 aromatic carbocycles. The molecule has 4 heteroatoms. The molecule has 4 aliphatic rings. The molecule has 23 heavy (non-hydrogen) atoms. The number of amides is 1. The number of nitrogens with zero attached hydrogens (tertiary/aromatic N) is 2. The predicted octanol–water partition coefficient (Wildman–Crippen LogP) is 3.35. The van der Waals surface area contributed by atoms with Crippen LogP contribution in [0.15, 0.2) is 29.2 Å². The second-order valence-corrected chi connectivity index (χ2v) is 8.25. The average molecular weight is 330 g/mol. The van der Waals surface area contributed by atoms with Crippen LogP contribution in [-0.2, 0) is 0 Å². The average Bonchev–Trinajstić information content (AvgIpc) is 3.41. The van der Waals surface area contributed by atoms with E-state index in [2.05, 4.69) is 22.1 Å². The minimum atomic E-state index is 0.236. The van der Waals surface area contributed by atoms with Crippen LogP contribution < -0.4 is 0 Å². The van der Waals surface area contributed by atoms with Gasteiger partial charge in [-0.25, -0.2) is 0 Å². The van der Waals surface area contributed by atoms with Gasteiger partial charge < -0.3 is 4.90 Å². The first-order valence-corrected chi connectivity index (χ1v) is 10.1. The van der Waals surface area contributed by atoms with E-state index in [1.54, 1.807) is 11.8 Å². The molecular weight excluding hydrogens is 304 g/mol. The number of hydrogen-bond donors (Lipinski definition) is 0. The summed E-state index contributed by atoms with van der Waals surface area (Å²) in [7, 11) is 0. The Kier molecular flexibility index (Phi) is 4.37. The first-order chi connectivity index (χ1) is 11.2. The number of carbonyl (C=O) groups is 1. The van der Waals surface area contributed by atoms with Crippen molar-refractivity contribution in [1.82, 2.24) is 9.80 Å². The third-order valence-electron chi connectivity index (χ3n) is 5.64. The number of thioether (sulfide) groups is 1. The largest absolute Gasteiger partial charge is 0.337 e. The molecule has 0 N–H and O–H groups in total. The number of fused-ring (bicyclic) bond motifs is 4. The molecule has 3 saturated heterocycles. The lowest BCUT2D eigenvalue weighted by Crippen LogP contribution is -2.45. The molecule has 3 heterocycles. The monoisotopic (exact) mass is 330 g/mol. The summed E-state index contributed by atoms with van der Waals surface area (Å²) in [5, 5.41) is 0. The van der Waals surface area contributed by atoms with Crippen molar-refractivity contribution in [2.45, 2.75) is 36.6 Å². The quantitative estimate of drug-likeness (QED) is 0.791. The third kappa shape index (κ3) is 3.29. The summed E-state index contributed by atoms with van der Waals surface area (Å²) in [6.45, 7) is 4.34. The number of benzene rings is 1. The van der Waals surface area contributed by atoms with E-state index in [0.29, 0.717) is 12.0 Å². The number of piperidine rings is 1. The highest BCUT2D eigenvalue weighted by Crippen LogP contribution is 2.35. The summed E-state index contributed by atoms with van der Waals surface area (Å²) in [6.07, 6.45) is 7.44. The molecule has 2 bridgehead atoms. The molecule has 0 unspecified atom stereocenters. The van der Waals surface area contributed by atoms with Gasteiger partial charge in [-0.2, -0.15) is 0 Å². The Labute approximate surface area is 143 Å². The molecular formula is C19H26N2OS. The van der Waals surface area contributed by atoms with Gasteiger partial charge in [0, 0.05) is 37.1 Å². The lowest BCUT2D eigenvalue weighted by Gasteiger charge is -2.36. The van der Waals surface area contributed by atoms with Crippen molar-refractivity contribution in [1.29, 1.82) is 0 Å². The van der Waals surface area contributed by atoms with E-state index < -0.39 is 0 Å². The van der Waals surface area contributed by atoms with Gasteiger partial charge in [-0.15, -0.1) is 11.8 Å². The fraction of sp³-hybridized carbons (Fsp3) is 0.632. The summed E-state index contributed by atoms with van der Waals surface area (Å²) in [4.78, 5) is 19.0. The molecule has 1 saturated carbocycles. The van der Waals surface area contributed by atoms with Crippen LogP contribution in [-0.4, -0.2) is 54.2 Å². The van der Waals surface area contributed by atoms with Gasteiger partial charge in [-0.1, -0.05) is 12.1 Å². The zero-order chi connectivity index (χ0) is 15.8. The highest BCUT2D eigenvalue weighted by molar-refractivity contribution is 7.98. The number of carbonyl (C=O) groups excluding carboxylic acids is 1. The number of rotatable bonds is 4. The fourth-order valence-corrected chi connectivity index (χ4v) is 4.78. The van der Waals surface area contributed by atoms with Gasteiger partial charge in [-0.05, 0) is 55.9 Å². The van der Waals surface area contributed by atoms with E-state index in [1.165, 1.54) is 38.8 Å². The van der Waals surface area contributed by atoms with Gasteiger partial charge in [0.25, 0.3) is 5.91 Å². The van der Waals surface area contributed by atoms with Crippen molar-refractivity contribution in [3.63, 3.8) is 0 Å². The zero-order valence-electron chi connectivity index (χ0n) is 13.9. The molecule has 1 aromatic rings. The van der Waals surface area contributed by atoms with Crippen molar-refractivity contribution in [2.24, 2.45) is 11.8 Å². The standard InChI is InChI=1S/C19H26N2OS/c1-23-18-5-3-2-4-17(18)19(22)21-12-15-8-9-16(13-21)20(11-15)10-14-6-7-14/h2-5,14-16H,6-13H2,1H3/t15-,16-/m0/s1. The zero-order valence-corrected chi connectivity index (χ0v) is 14.7. The number of hydrogen-bond acceptors (Lipinski definition) is 3. The van der Waals surface area contributed by atoms with Gasteiger partial charge in [-0.3, -0.25) is 9.69 Å². The van der Waals surface area contributed by atoms with Crippen molar-refractivity contribution in [3.05, 3.63) is 29.8 Å². The van der Waals surface area contributed by atoms with Crippen LogP contribution in [0, 0.1) is 11.8 Å². The molecule has 3 nitrogen and oxygen atoms in total. The summed E-state index contributed by atoms with van der Waals surface area (Å²) >= 11 is 1.67. The van der Waals surface area contributed by atoms with Crippen molar-refractivity contribution in [3.8, 4) is 0 Å². The van der Waals surface area contributed by atoms with Gasteiger partial charge in [0.1, 0.15) is 0 Å². The second kappa shape index (κ2) is 6.48. The Morgan fingerprint density at radius 3 is 2.74 bits per heavy atom. The molecule has 3 aliphatic heterocycles. The van der Waals surface area contributed by atoms with E-state index in [4.69, 9.17) is 0 Å². The highest BCUT2D eigenvalue weighted by atomic mass is 32.2. The van der Waals surface area contributed by atoms with Gasteiger partial charge >= 0.3 is 0 Å². The van der Waals surface area contributed by atoms with Crippen LogP contribution in [0.5, 0.6) is 0 Å². The van der Waals surface area contributed by atoms with Crippen LogP contribution in [0.1, 0.15) is 36.0 Å². The molecule has 0 spiro atoms. The maximum absolute atomic E-state index is 13.1. The molecule has 4 fully saturated rings. The van der Waals surface area contributed by atoms with E-state index >= 15 is 0 Å². The molecule has 124 valence electrons. The summed E-state index contributed by atoms with van der Waals surface area (Å²) < 4.78 is 0. The first kappa shape index (κ1) is 15.5. The first-order valence-electron chi connectivity index (χ1n) is 8.91. The molecule has 1 amide bonds. The summed E-state index contributed by atoms with van der Waals surface area (Å²) in [5.41, 5.74) is 0.884. The fourth-order valence-electron chi connectivity index (χ4n) is 4.19. The van der Waals surface area contributed by atoms with E-state index in [9.17, 15) is 4.79 Å². The lowest BCUT2D eigenvalue weighted by atomic mass is 9.95. The maximum atomic E-state index is 13.1. The molecule has 0 aromatic heterocycles.